The Morgan fingerprint density at radius 3 is 2.33 bits per heavy atom. The van der Waals surface area contributed by atoms with Crippen molar-refractivity contribution in [2.45, 2.75) is 17.7 Å². The molecule has 1 aromatic rings. The average Bonchev–Trinajstić information content (AvgIpc) is 2.27. The number of carboxylic acids is 1. The van der Waals surface area contributed by atoms with E-state index in [0.29, 0.717) is 0 Å². The summed E-state index contributed by atoms with van der Waals surface area (Å²) in [5, 5.41) is 8.79. The summed E-state index contributed by atoms with van der Waals surface area (Å²) in [5.74, 6) is -2.94. The van der Waals surface area contributed by atoms with Gasteiger partial charge in [-0.3, -0.25) is 4.79 Å². The normalized spacial score (nSPS) is 13.6. The van der Waals surface area contributed by atoms with Crippen LogP contribution >= 0.6 is 0 Å². The molecule has 0 bridgehead atoms. The van der Waals surface area contributed by atoms with E-state index in [2.05, 4.69) is 0 Å². The lowest BCUT2D eigenvalue weighted by molar-refractivity contribution is -0.138. The van der Waals surface area contributed by atoms with Gasteiger partial charge in [0.15, 0.2) is 0 Å². The summed E-state index contributed by atoms with van der Waals surface area (Å²) in [6.45, 7) is 1.40. The zero-order valence-electron chi connectivity index (χ0n) is 10.2. The number of benzene rings is 1. The summed E-state index contributed by atoms with van der Waals surface area (Å²) in [5.41, 5.74) is 0.220. The molecule has 0 fully saturated rings. The van der Waals surface area contributed by atoms with Gasteiger partial charge in [0.25, 0.3) is 0 Å². The Labute approximate surface area is 105 Å². The molecule has 1 atom stereocenters. The first-order valence-electron chi connectivity index (χ1n) is 5.12. The summed E-state index contributed by atoms with van der Waals surface area (Å²) >= 11 is 0. The maximum Gasteiger partial charge on any atom is 0.310 e. The van der Waals surface area contributed by atoms with Crippen molar-refractivity contribution in [3.8, 4) is 0 Å². The van der Waals surface area contributed by atoms with Crippen molar-refractivity contribution in [1.29, 1.82) is 0 Å². The number of hydrogen-bond donors (Lipinski definition) is 1. The zero-order valence-corrected chi connectivity index (χ0v) is 11.0. The lowest BCUT2D eigenvalue weighted by atomic mass is 10.0. The van der Waals surface area contributed by atoms with Crippen molar-refractivity contribution >= 4 is 16.0 Å². The highest BCUT2D eigenvalue weighted by molar-refractivity contribution is 7.89. The fourth-order valence-corrected chi connectivity index (χ4v) is 2.27. The van der Waals surface area contributed by atoms with Gasteiger partial charge in [0.1, 0.15) is 10.7 Å². The Morgan fingerprint density at radius 2 is 1.94 bits per heavy atom. The molecule has 7 heteroatoms. The molecule has 0 aromatic heterocycles. The van der Waals surface area contributed by atoms with E-state index in [-0.39, 0.29) is 5.56 Å². The van der Waals surface area contributed by atoms with E-state index in [9.17, 15) is 17.6 Å². The maximum absolute atomic E-state index is 13.7. The topological polar surface area (TPSA) is 74.7 Å². The van der Waals surface area contributed by atoms with Crippen LogP contribution in [0, 0.1) is 5.82 Å². The second-order valence-electron chi connectivity index (χ2n) is 4.04. The van der Waals surface area contributed by atoms with Crippen molar-refractivity contribution in [2.24, 2.45) is 0 Å². The largest absolute Gasteiger partial charge is 0.481 e. The highest BCUT2D eigenvalue weighted by Gasteiger charge is 2.23. The van der Waals surface area contributed by atoms with Crippen LogP contribution in [0.25, 0.3) is 0 Å². The van der Waals surface area contributed by atoms with Crippen molar-refractivity contribution in [3.05, 3.63) is 29.6 Å². The van der Waals surface area contributed by atoms with Gasteiger partial charge in [0.2, 0.25) is 10.0 Å². The minimum Gasteiger partial charge on any atom is -0.481 e. The molecular formula is C11H14FNO4S. The quantitative estimate of drug-likeness (QED) is 0.897. The van der Waals surface area contributed by atoms with Crippen LogP contribution in [-0.2, 0) is 14.8 Å². The van der Waals surface area contributed by atoms with Gasteiger partial charge in [0, 0.05) is 14.1 Å². The van der Waals surface area contributed by atoms with Gasteiger partial charge in [-0.2, -0.15) is 0 Å². The lowest BCUT2D eigenvalue weighted by Crippen LogP contribution is -2.23. The van der Waals surface area contributed by atoms with Crippen molar-refractivity contribution < 1.29 is 22.7 Å². The summed E-state index contributed by atoms with van der Waals surface area (Å²) < 4.78 is 38.1. The number of carbonyl (C=O) groups is 1. The number of sulfonamides is 1. The van der Waals surface area contributed by atoms with Crippen LogP contribution in [0.5, 0.6) is 0 Å². The second kappa shape index (κ2) is 5.03. The smallest absolute Gasteiger partial charge is 0.310 e. The predicted octanol–water partition coefficient (Wildman–Crippen LogP) is 1.26. The molecule has 0 saturated heterocycles. The molecule has 0 saturated carbocycles. The van der Waals surface area contributed by atoms with E-state index in [1.54, 1.807) is 0 Å². The molecule has 1 rings (SSSR count). The number of aliphatic carboxylic acids is 1. The van der Waals surface area contributed by atoms with Crippen LogP contribution in [0.1, 0.15) is 18.4 Å². The van der Waals surface area contributed by atoms with E-state index < -0.39 is 32.6 Å². The van der Waals surface area contributed by atoms with Gasteiger partial charge in [-0.25, -0.2) is 17.1 Å². The number of halogens is 1. The molecule has 1 N–H and O–H groups in total. The molecule has 0 aliphatic carbocycles. The number of rotatable bonds is 4. The van der Waals surface area contributed by atoms with Crippen LogP contribution in [0.4, 0.5) is 4.39 Å². The van der Waals surface area contributed by atoms with E-state index in [4.69, 9.17) is 5.11 Å². The second-order valence-corrected chi connectivity index (χ2v) is 6.16. The van der Waals surface area contributed by atoms with Crippen molar-refractivity contribution in [3.63, 3.8) is 0 Å². The first-order chi connectivity index (χ1) is 8.17. The van der Waals surface area contributed by atoms with Crippen LogP contribution in [-0.4, -0.2) is 37.9 Å². The lowest BCUT2D eigenvalue weighted by Gasteiger charge is -2.13. The van der Waals surface area contributed by atoms with Gasteiger partial charge in [-0.15, -0.1) is 0 Å². The zero-order chi connectivity index (χ0) is 14.1. The Bertz CT molecular complexity index is 568. The Kier molecular flexibility index (Phi) is 4.08. The van der Waals surface area contributed by atoms with E-state index >= 15 is 0 Å². The van der Waals surface area contributed by atoms with Gasteiger partial charge >= 0.3 is 5.97 Å². The molecule has 5 nitrogen and oxygen atoms in total. The Hall–Kier alpha value is -1.47. The van der Waals surface area contributed by atoms with Crippen LogP contribution < -0.4 is 0 Å². The van der Waals surface area contributed by atoms with Gasteiger partial charge in [0.05, 0.1) is 5.92 Å². The molecule has 0 aliphatic heterocycles. The standard InChI is InChI=1S/C11H14FNO4S/c1-7(11(14)15)8-4-5-10(9(12)6-8)18(16,17)13(2)3/h4-7H,1-3H3,(H,14,15). The van der Waals surface area contributed by atoms with Crippen LogP contribution in [0.3, 0.4) is 0 Å². The summed E-state index contributed by atoms with van der Waals surface area (Å²) in [4.78, 5) is 10.3. The summed E-state index contributed by atoms with van der Waals surface area (Å²) in [6, 6.07) is 3.33. The molecule has 100 valence electrons. The average molecular weight is 275 g/mol. The molecule has 1 aromatic carbocycles. The monoisotopic (exact) mass is 275 g/mol. The minimum atomic E-state index is -3.86. The van der Waals surface area contributed by atoms with Crippen molar-refractivity contribution in [1.82, 2.24) is 4.31 Å². The van der Waals surface area contributed by atoms with Gasteiger partial charge < -0.3 is 5.11 Å². The number of hydrogen-bond acceptors (Lipinski definition) is 3. The third kappa shape index (κ3) is 2.68. The molecule has 0 radical (unpaired) electrons. The highest BCUT2D eigenvalue weighted by Crippen LogP contribution is 2.23. The van der Waals surface area contributed by atoms with E-state index in [0.717, 1.165) is 16.4 Å². The van der Waals surface area contributed by atoms with Gasteiger partial charge in [-0.05, 0) is 24.6 Å². The maximum atomic E-state index is 13.7. The van der Waals surface area contributed by atoms with Crippen molar-refractivity contribution in [2.75, 3.05) is 14.1 Å². The Balaban J connectivity index is 3.28. The van der Waals surface area contributed by atoms with E-state index in [1.807, 2.05) is 0 Å². The van der Waals surface area contributed by atoms with E-state index in [1.165, 1.54) is 27.1 Å². The molecule has 0 spiro atoms. The van der Waals surface area contributed by atoms with Crippen LogP contribution in [0.2, 0.25) is 0 Å². The first kappa shape index (κ1) is 14.6. The predicted molar refractivity (Wildman–Crippen MR) is 63.3 cm³/mol. The van der Waals surface area contributed by atoms with Gasteiger partial charge in [-0.1, -0.05) is 6.07 Å². The summed E-state index contributed by atoms with van der Waals surface area (Å²) in [7, 11) is -1.27. The van der Waals surface area contributed by atoms with Crippen LogP contribution in [0.15, 0.2) is 23.1 Å². The molecule has 0 aliphatic rings. The third-order valence-electron chi connectivity index (χ3n) is 2.58. The Morgan fingerprint density at radius 1 is 1.39 bits per heavy atom. The molecule has 18 heavy (non-hydrogen) atoms. The molecular weight excluding hydrogens is 261 g/mol. The third-order valence-corrected chi connectivity index (χ3v) is 4.43. The number of carboxylic acid groups (broad SMARTS) is 1. The summed E-state index contributed by atoms with van der Waals surface area (Å²) in [6.07, 6.45) is 0. The molecule has 1 unspecified atom stereocenters. The number of nitrogens with zero attached hydrogens (tertiary/aromatic N) is 1. The highest BCUT2D eigenvalue weighted by atomic mass is 32.2. The fraction of sp³-hybridized carbons (Fsp3) is 0.364. The first-order valence-corrected chi connectivity index (χ1v) is 6.56. The molecule has 0 amide bonds. The fourth-order valence-electron chi connectivity index (χ4n) is 1.33. The molecule has 0 heterocycles. The minimum absolute atomic E-state index is 0.220. The SMILES string of the molecule is CC(C(=O)O)c1ccc(S(=O)(=O)N(C)C)c(F)c1.